The molecule has 0 aliphatic heterocycles. The third-order valence-corrected chi connectivity index (χ3v) is 4.84. The molecule has 8 heteroatoms. The van der Waals surface area contributed by atoms with Crippen LogP contribution in [0.15, 0.2) is 29.4 Å². The van der Waals surface area contributed by atoms with E-state index in [2.05, 4.69) is 29.4 Å². The molecule has 0 bridgehead atoms. The van der Waals surface area contributed by atoms with Gasteiger partial charge in [-0.05, 0) is 37.8 Å². The lowest BCUT2D eigenvalue weighted by atomic mass is 10.0. The first-order chi connectivity index (χ1) is 11.9. The van der Waals surface area contributed by atoms with Gasteiger partial charge in [-0.2, -0.15) is 0 Å². The van der Waals surface area contributed by atoms with Crippen LogP contribution in [0.25, 0.3) is 11.4 Å². The molecule has 0 aliphatic carbocycles. The molecule has 0 radical (unpaired) electrons. The van der Waals surface area contributed by atoms with Crippen molar-refractivity contribution in [3.05, 3.63) is 29.3 Å². The molecular formula is C17H24ClN5OS. The maximum absolute atomic E-state index is 12.1. The number of thioether (sulfide) groups is 1. The highest BCUT2D eigenvalue weighted by Gasteiger charge is 2.15. The molecule has 0 saturated carbocycles. The molecule has 1 aromatic carbocycles. The number of carbonyl (C=O) groups excluding carboxylic acids is 1. The Bertz CT molecular complexity index is 719. The number of benzene rings is 1. The fourth-order valence-electron chi connectivity index (χ4n) is 2.30. The van der Waals surface area contributed by atoms with E-state index in [1.165, 1.54) is 16.4 Å². The van der Waals surface area contributed by atoms with Gasteiger partial charge in [0.05, 0.1) is 5.75 Å². The summed E-state index contributed by atoms with van der Waals surface area (Å²) >= 11 is 7.25. The summed E-state index contributed by atoms with van der Waals surface area (Å²) in [6.07, 6.45) is 2.06. The molecule has 136 valence electrons. The first kappa shape index (κ1) is 19.6. The lowest BCUT2D eigenvalue weighted by molar-refractivity contribution is -0.119. The third-order valence-electron chi connectivity index (χ3n) is 3.66. The van der Waals surface area contributed by atoms with Crippen molar-refractivity contribution in [3.63, 3.8) is 0 Å². The average Bonchev–Trinajstić information content (AvgIpc) is 2.92. The SMILES string of the molecule is CC(C)CC[C@H](C)NC(=O)CSc1nnc(-c2cccc(Cl)c2)n1N. The zero-order valence-electron chi connectivity index (χ0n) is 14.7. The van der Waals surface area contributed by atoms with E-state index >= 15 is 0 Å². The van der Waals surface area contributed by atoms with Crippen molar-refractivity contribution < 1.29 is 4.79 Å². The molecule has 0 unspecified atom stereocenters. The van der Waals surface area contributed by atoms with Crippen LogP contribution in [0, 0.1) is 5.92 Å². The molecule has 2 aromatic rings. The van der Waals surface area contributed by atoms with Crippen molar-refractivity contribution in [2.75, 3.05) is 11.6 Å². The number of nitrogen functional groups attached to an aromatic ring is 1. The summed E-state index contributed by atoms with van der Waals surface area (Å²) in [6.45, 7) is 6.37. The van der Waals surface area contributed by atoms with Crippen molar-refractivity contribution in [3.8, 4) is 11.4 Å². The lowest BCUT2D eigenvalue weighted by Gasteiger charge is -2.14. The van der Waals surface area contributed by atoms with E-state index in [4.69, 9.17) is 17.4 Å². The van der Waals surface area contributed by atoms with E-state index in [-0.39, 0.29) is 17.7 Å². The maximum Gasteiger partial charge on any atom is 0.230 e. The molecule has 1 aromatic heterocycles. The van der Waals surface area contributed by atoms with E-state index in [1.54, 1.807) is 12.1 Å². The molecule has 0 saturated heterocycles. The molecule has 6 nitrogen and oxygen atoms in total. The van der Waals surface area contributed by atoms with Crippen molar-refractivity contribution in [1.29, 1.82) is 0 Å². The predicted octanol–water partition coefficient (Wildman–Crippen LogP) is 3.35. The quantitative estimate of drug-likeness (QED) is 0.541. The molecular weight excluding hydrogens is 358 g/mol. The van der Waals surface area contributed by atoms with Crippen LogP contribution >= 0.6 is 23.4 Å². The summed E-state index contributed by atoms with van der Waals surface area (Å²) < 4.78 is 1.38. The van der Waals surface area contributed by atoms with Gasteiger partial charge in [0.1, 0.15) is 0 Å². The van der Waals surface area contributed by atoms with Gasteiger partial charge >= 0.3 is 0 Å². The van der Waals surface area contributed by atoms with Gasteiger partial charge in [0.2, 0.25) is 11.1 Å². The van der Waals surface area contributed by atoms with Crippen LogP contribution in [0.4, 0.5) is 0 Å². The number of amides is 1. The third kappa shape index (κ3) is 5.93. The molecule has 1 amide bonds. The van der Waals surface area contributed by atoms with Gasteiger partial charge in [-0.15, -0.1) is 10.2 Å². The Morgan fingerprint density at radius 3 is 2.76 bits per heavy atom. The molecule has 25 heavy (non-hydrogen) atoms. The van der Waals surface area contributed by atoms with Crippen molar-refractivity contribution in [1.82, 2.24) is 20.2 Å². The number of nitrogens with one attached hydrogen (secondary N) is 1. The molecule has 0 aliphatic rings. The second kappa shape index (κ2) is 9.10. The number of halogens is 1. The number of rotatable bonds is 8. The Kier molecular flexibility index (Phi) is 7.13. The number of nitrogens with two attached hydrogens (primary N) is 1. The highest BCUT2D eigenvalue weighted by molar-refractivity contribution is 7.99. The summed E-state index contributed by atoms with van der Waals surface area (Å²) in [4.78, 5) is 12.1. The van der Waals surface area contributed by atoms with Crippen molar-refractivity contribution in [2.45, 2.75) is 44.8 Å². The second-order valence-electron chi connectivity index (χ2n) is 6.41. The summed E-state index contributed by atoms with van der Waals surface area (Å²) in [6, 6.07) is 7.39. The minimum absolute atomic E-state index is 0.0337. The van der Waals surface area contributed by atoms with Crippen molar-refractivity contribution >= 4 is 29.3 Å². The van der Waals surface area contributed by atoms with Gasteiger partial charge < -0.3 is 11.2 Å². The molecule has 1 atom stereocenters. The number of carbonyl (C=O) groups is 1. The highest BCUT2D eigenvalue weighted by Crippen LogP contribution is 2.23. The zero-order valence-corrected chi connectivity index (χ0v) is 16.3. The maximum atomic E-state index is 12.1. The lowest BCUT2D eigenvalue weighted by Crippen LogP contribution is -2.34. The van der Waals surface area contributed by atoms with E-state index in [9.17, 15) is 4.79 Å². The van der Waals surface area contributed by atoms with E-state index in [0.717, 1.165) is 18.4 Å². The highest BCUT2D eigenvalue weighted by atomic mass is 35.5. The minimum atomic E-state index is -0.0337. The normalized spacial score (nSPS) is 12.4. The van der Waals surface area contributed by atoms with Crippen LogP contribution in [0.3, 0.4) is 0 Å². The van der Waals surface area contributed by atoms with Gasteiger partial charge in [0.25, 0.3) is 0 Å². The van der Waals surface area contributed by atoms with Crippen LogP contribution in [0.1, 0.15) is 33.6 Å². The Morgan fingerprint density at radius 2 is 2.08 bits per heavy atom. The number of nitrogens with zero attached hydrogens (tertiary/aromatic N) is 3. The van der Waals surface area contributed by atoms with Crippen LogP contribution in [0.2, 0.25) is 5.02 Å². The molecule has 2 rings (SSSR count). The van der Waals surface area contributed by atoms with Gasteiger partial charge in [0, 0.05) is 16.6 Å². The van der Waals surface area contributed by atoms with E-state index < -0.39 is 0 Å². The predicted molar refractivity (Wildman–Crippen MR) is 103 cm³/mol. The number of aromatic nitrogens is 3. The minimum Gasteiger partial charge on any atom is -0.353 e. The fraction of sp³-hybridized carbons (Fsp3) is 0.471. The molecule has 0 fully saturated rings. The standard InChI is InChI=1S/C17H24ClN5OS/c1-11(2)7-8-12(3)20-15(24)10-25-17-22-21-16(23(17)19)13-5-4-6-14(18)9-13/h4-6,9,11-12H,7-8,10,19H2,1-3H3,(H,20,24)/t12-/m0/s1. The topological polar surface area (TPSA) is 85.8 Å². The Balaban J connectivity index is 1.90. The monoisotopic (exact) mass is 381 g/mol. The Morgan fingerprint density at radius 1 is 1.32 bits per heavy atom. The van der Waals surface area contributed by atoms with Gasteiger partial charge in [-0.3, -0.25) is 4.79 Å². The molecule has 1 heterocycles. The van der Waals surface area contributed by atoms with Gasteiger partial charge in [-0.1, -0.05) is 49.3 Å². The van der Waals surface area contributed by atoms with Crippen molar-refractivity contribution in [2.24, 2.45) is 5.92 Å². The van der Waals surface area contributed by atoms with Gasteiger partial charge in [0.15, 0.2) is 5.82 Å². The summed E-state index contributed by atoms with van der Waals surface area (Å²) in [5.41, 5.74) is 0.779. The second-order valence-corrected chi connectivity index (χ2v) is 7.79. The van der Waals surface area contributed by atoms with Gasteiger partial charge in [-0.25, -0.2) is 4.68 Å². The first-order valence-corrected chi connectivity index (χ1v) is 9.61. The summed E-state index contributed by atoms with van der Waals surface area (Å²) in [7, 11) is 0. The Hall–Kier alpha value is -1.73. The van der Waals surface area contributed by atoms with Crippen LogP contribution in [-0.2, 0) is 4.79 Å². The van der Waals surface area contributed by atoms with E-state index in [1.807, 2.05) is 19.1 Å². The Labute approximate surface area is 157 Å². The first-order valence-electron chi connectivity index (χ1n) is 8.25. The molecule has 3 N–H and O–H groups in total. The molecule has 0 spiro atoms. The van der Waals surface area contributed by atoms with Crippen LogP contribution in [-0.4, -0.2) is 32.6 Å². The van der Waals surface area contributed by atoms with E-state index in [0.29, 0.717) is 21.9 Å². The van der Waals surface area contributed by atoms with Crippen LogP contribution < -0.4 is 11.2 Å². The average molecular weight is 382 g/mol. The van der Waals surface area contributed by atoms with Crippen LogP contribution in [0.5, 0.6) is 0 Å². The summed E-state index contributed by atoms with van der Waals surface area (Å²) in [5.74, 6) is 7.41. The number of hydrogen-bond acceptors (Lipinski definition) is 5. The smallest absolute Gasteiger partial charge is 0.230 e. The zero-order chi connectivity index (χ0) is 18.4. The fourth-order valence-corrected chi connectivity index (χ4v) is 3.16. The summed E-state index contributed by atoms with van der Waals surface area (Å²) in [5, 5.41) is 12.2. The number of hydrogen-bond donors (Lipinski definition) is 2. The largest absolute Gasteiger partial charge is 0.353 e.